The van der Waals surface area contributed by atoms with Crippen molar-refractivity contribution < 1.29 is 19.1 Å². The highest BCUT2D eigenvalue weighted by Gasteiger charge is 2.71. The second-order valence-corrected chi connectivity index (χ2v) is 10.2. The van der Waals surface area contributed by atoms with E-state index >= 15 is 0 Å². The smallest absolute Gasteiger partial charge is 0.338 e. The molecule has 3 atom stereocenters. The van der Waals surface area contributed by atoms with Gasteiger partial charge in [0.05, 0.1) is 18.2 Å². The predicted octanol–water partition coefficient (Wildman–Crippen LogP) is 3.90. The molecule has 4 aliphatic rings. The maximum absolute atomic E-state index is 14.4. The fourth-order valence-electron chi connectivity index (χ4n) is 5.75. The number of carbonyl (C=O) groups excluding carboxylic acids is 3. The zero-order valence-electron chi connectivity index (χ0n) is 21.0. The Kier molecular flexibility index (Phi) is 6.09. The molecule has 1 amide bonds. The van der Waals surface area contributed by atoms with Gasteiger partial charge in [0.15, 0.2) is 10.4 Å². The van der Waals surface area contributed by atoms with E-state index < -0.39 is 22.4 Å². The number of ether oxygens (including phenoxy) is 1. The number of allylic oxidation sites excluding steroid dienone is 1. The number of thioether (sulfide) groups is 1. The van der Waals surface area contributed by atoms with Gasteiger partial charge in [-0.3, -0.25) is 14.5 Å². The summed E-state index contributed by atoms with van der Waals surface area (Å²) in [5.41, 5.74) is 2.34. The van der Waals surface area contributed by atoms with Crippen LogP contribution in [0.1, 0.15) is 53.1 Å². The summed E-state index contributed by atoms with van der Waals surface area (Å²) >= 11 is 1.18. The van der Waals surface area contributed by atoms with Gasteiger partial charge in [-0.15, -0.1) is 0 Å². The Morgan fingerprint density at radius 2 is 1.74 bits per heavy atom. The van der Waals surface area contributed by atoms with Crippen LogP contribution in [0.15, 0.2) is 52.9 Å². The van der Waals surface area contributed by atoms with Crippen LogP contribution in [0.3, 0.4) is 0 Å². The molecule has 5 rings (SSSR count). The van der Waals surface area contributed by atoms with Gasteiger partial charge >= 0.3 is 5.97 Å². The molecule has 4 aliphatic heterocycles. The fraction of sp³-hybridized carbons (Fsp3) is 0.500. The fourth-order valence-corrected chi connectivity index (χ4v) is 7.21. The van der Waals surface area contributed by atoms with Gasteiger partial charge in [0.2, 0.25) is 11.0 Å². The highest BCUT2D eigenvalue weighted by atomic mass is 32.2. The SMILES string of the molecule is CCOC(=O)C1=C(C)N(C)[C@]23SC(=O)[C@](C)(C(=O)N2[C@@H]1c1ccccc1)C(N(CC)CC)=C3C. The van der Waals surface area contributed by atoms with E-state index in [1.807, 2.05) is 70.0 Å². The number of hydrogen-bond acceptors (Lipinski definition) is 7. The molecular formula is C26H33N3O4S. The van der Waals surface area contributed by atoms with Crippen molar-refractivity contribution in [1.29, 1.82) is 0 Å². The van der Waals surface area contributed by atoms with E-state index in [2.05, 4.69) is 4.90 Å². The number of esters is 1. The number of carbonyl (C=O) groups is 3. The molecule has 0 saturated carbocycles. The van der Waals surface area contributed by atoms with Crippen molar-refractivity contribution in [2.24, 2.45) is 5.41 Å². The average molecular weight is 484 g/mol. The minimum atomic E-state index is -1.33. The average Bonchev–Trinajstić information content (AvgIpc) is 2.82. The van der Waals surface area contributed by atoms with E-state index in [0.717, 1.165) is 16.8 Å². The number of likely N-dealkylation sites (N-methyl/N-ethyl adjacent to an activating group) is 1. The monoisotopic (exact) mass is 483 g/mol. The number of fused-ring (bicyclic) bond motifs is 1. The van der Waals surface area contributed by atoms with Crippen LogP contribution in [0.25, 0.3) is 0 Å². The number of nitrogens with zero attached hydrogens (tertiary/aromatic N) is 3. The molecule has 0 aromatic heterocycles. The van der Waals surface area contributed by atoms with Crippen LogP contribution in [0, 0.1) is 5.41 Å². The van der Waals surface area contributed by atoms with Gasteiger partial charge in [-0.2, -0.15) is 0 Å². The Labute approximate surface area is 205 Å². The maximum atomic E-state index is 14.4. The highest BCUT2D eigenvalue weighted by Crippen LogP contribution is 2.64. The van der Waals surface area contributed by atoms with Crippen molar-refractivity contribution in [1.82, 2.24) is 14.7 Å². The van der Waals surface area contributed by atoms with Gasteiger partial charge in [0.25, 0.3) is 0 Å². The van der Waals surface area contributed by atoms with Crippen LogP contribution >= 0.6 is 11.8 Å². The van der Waals surface area contributed by atoms with Crippen molar-refractivity contribution in [3.8, 4) is 0 Å². The molecule has 34 heavy (non-hydrogen) atoms. The van der Waals surface area contributed by atoms with E-state index in [-0.39, 0.29) is 17.6 Å². The van der Waals surface area contributed by atoms with E-state index in [0.29, 0.717) is 24.4 Å². The van der Waals surface area contributed by atoms with Gasteiger partial charge in [-0.05, 0) is 58.9 Å². The molecule has 1 aromatic carbocycles. The van der Waals surface area contributed by atoms with Crippen LogP contribution in [0.4, 0.5) is 0 Å². The predicted molar refractivity (Wildman–Crippen MR) is 132 cm³/mol. The lowest BCUT2D eigenvalue weighted by Gasteiger charge is -2.65. The van der Waals surface area contributed by atoms with Crippen LogP contribution in [-0.2, 0) is 19.1 Å². The van der Waals surface area contributed by atoms with Gasteiger partial charge in [-0.25, -0.2) is 4.79 Å². The number of benzene rings is 1. The number of rotatable bonds is 6. The van der Waals surface area contributed by atoms with Gasteiger partial charge < -0.3 is 14.5 Å². The molecule has 2 bridgehead atoms. The third kappa shape index (κ3) is 2.93. The third-order valence-electron chi connectivity index (χ3n) is 7.50. The molecule has 8 heteroatoms. The molecule has 1 saturated heterocycles. The molecule has 7 nitrogen and oxygen atoms in total. The molecule has 4 heterocycles. The summed E-state index contributed by atoms with van der Waals surface area (Å²) in [5, 5.41) is -0.160. The third-order valence-corrected chi connectivity index (χ3v) is 9.16. The lowest BCUT2D eigenvalue weighted by atomic mass is 9.75. The maximum Gasteiger partial charge on any atom is 0.338 e. The van der Waals surface area contributed by atoms with Crippen LogP contribution in [0.5, 0.6) is 0 Å². The van der Waals surface area contributed by atoms with Crippen molar-refractivity contribution in [2.45, 2.75) is 52.6 Å². The normalized spacial score (nSPS) is 28.5. The van der Waals surface area contributed by atoms with E-state index in [1.165, 1.54) is 11.8 Å². The summed E-state index contributed by atoms with van der Waals surface area (Å²) in [6, 6.07) is 8.87. The van der Waals surface area contributed by atoms with Gasteiger partial charge in [0.1, 0.15) is 0 Å². The lowest BCUT2D eigenvalue weighted by Crippen LogP contribution is -2.75. The highest BCUT2D eigenvalue weighted by molar-refractivity contribution is 8.15. The lowest BCUT2D eigenvalue weighted by molar-refractivity contribution is -0.160. The Hall–Kier alpha value is -2.74. The summed E-state index contributed by atoms with van der Waals surface area (Å²) in [4.78, 5) is 46.1. The minimum Gasteiger partial charge on any atom is -0.463 e. The van der Waals surface area contributed by atoms with Crippen molar-refractivity contribution in [2.75, 3.05) is 26.7 Å². The van der Waals surface area contributed by atoms with E-state index in [1.54, 1.807) is 18.7 Å². The number of hydrogen-bond donors (Lipinski definition) is 0. The van der Waals surface area contributed by atoms with Crippen molar-refractivity contribution in [3.05, 3.63) is 58.4 Å². The second kappa shape index (κ2) is 8.48. The van der Waals surface area contributed by atoms with Crippen LogP contribution in [0.2, 0.25) is 0 Å². The Morgan fingerprint density at radius 3 is 2.29 bits per heavy atom. The van der Waals surface area contributed by atoms with Gasteiger partial charge in [0, 0.05) is 37.1 Å². The molecule has 0 N–H and O–H groups in total. The molecule has 0 unspecified atom stereocenters. The molecule has 0 radical (unpaired) electrons. The summed E-state index contributed by atoms with van der Waals surface area (Å²) in [5.74, 6) is -0.726. The molecule has 1 spiro atoms. The van der Waals surface area contributed by atoms with E-state index in [4.69, 9.17) is 4.74 Å². The minimum absolute atomic E-state index is 0.160. The first-order valence-electron chi connectivity index (χ1n) is 11.8. The summed E-state index contributed by atoms with van der Waals surface area (Å²) in [7, 11) is 1.85. The molecule has 1 fully saturated rings. The molecular weight excluding hydrogens is 450 g/mol. The van der Waals surface area contributed by atoms with Gasteiger partial charge in [-0.1, -0.05) is 30.3 Å². The zero-order chi connectivity index (χ0) is 25.0. The van der Waals surface area contributed by atoms with Crippen LogP contribution in [-0.4, -0.2) is 63.4 Å². The number of amides is 1. The van der Waals surface area contributed by atoms with Crippen molar-refractivity contribution in [3.63, 3.8) is 0 Å². The largest absolute Gasteiger partial charge is 0.463 e. The van der Waals surface area contributed by atoms with Crippen LogP contribution < -0.4 is 0 Å². The molecule has 182 valence electrons. The Morgan fingerprint density at radius 1 is 1.12 bits per heavy atom. The first-order valence-corrected chi connectivity index (χ1v) is 12.6. The standard InChI is InChI=1S/C26H33N3O4S/c1-8-28(9-2)21-16(4)26-27(7)17(5)19(22(30)33-10-3)20(18-14-12-11-13-15-18)29(26)23(31)25(21,6)24(32)34-26/h11-15,20H,8-10H2,1-7H3/t20-,25+,26+/m1/s1. The molecule has 0 aliphatic carbocycles. The Balaban J connectivity index is 2.09. The summed E-state index contributed by atoms with van der Waals surface area (Å²) in [6.07, 6.45) is 0. The quantitative estimate of drug-likeness (QED) is 0.449. The summed E-state index contributed by atoms with van der Waals surface area (Å²) in [6.45, 7) is 13.1. The first kappa shape index (κ1) is 24.4. The topological polar surface area (TPSA) is 70.2 Å². The molecule has 1 aromatic rings. The Bertz CT molecular complexity index is 1110. The first-order chi connectivity index (χ1) is 16.1. The van der Waals surface area contributed by atoms with E-state index in [9.17, 15) is 14.4 Å². The van der Waals surface area contributed by atoms with Crippen molar-refractivity contribution >= 4 is 28.8 Å². The second-order valence-electron chi connectivity index (χ2n) is 9.04. The summed E-state index contributed by atoms with van der Waals surface area (Å²) < 4.78 is 5.46. The zero-order valence-corrected chi connectivity index (χ0v) is 21.8.